The fourth-order valence-electron chi connectivity index (χ4n) is 10.7. The van der Waals surface area contributed by atoms with Gasteiger partial charge in [0, 0.05) is 129 Å². The standard InChI is InChI=1S/C26H27N7O2S.C24H27N5O3S.C24H27N5O2S/c1-31-12-14-32(15-13-31)26-28-17-23(36-22-8-6-20(7-9-22)24(27)34)25(30-26)35-18-19-4-2-5-21(16-19)33-11-3-10-29-33;1-28-9-11-29(12-10-28)24-26-14-21(33-20-7-5-19(6-8-20)22(25)31)23(27-24)32-16-18-4-2-3-17(13-18)15-30;1-28-12-14-29(15-13-28)24-26-17-21(32-20-9-7-19(8-10-20)22(25)30)23(27-24)31-16-11-18-5-3-2-4-6-18/h2-11,16-17H,12-15,18H2,1H3,(H2,27,34);2-8,13-14,30H,9-12,15-16H2,1H3,(H2,25,31);2-10,17H,11-16H2,1H3,(H2,25,30). The van der Waals surface area contributed by atoms with E-state index in [1.807, 2.05) is 132 Å². The van der Waals surface area contributed by atoms with Gasteiger partial charge in [0.2, 0.25) is 53.2 Å². The van der Waals surface area contributed by atoms with Gasteiger partial charge in [-0.15, -0.1) is 0 Å². The molecule has 0 atom stereocenters. The fourth-order valence-corrected chi connectivity index (χ4v) is 13.2. The van der Waals surface area contributed by atoms with Crippen molar-refractivity contribution in [1.82, 2.24) is 54.4 Å². The molecule has 10 aromatic rings. The molecule has 27 heteroatoms. The van der Waals surface area contributed by atoms with Gasteiger partial charge in [-0.1, -0.05) is 102 Å². The van der Waals surface area contributed by atoms with Crippen molar-refractivity contribution >= 4 is 70.9 Å². The van der Waals surface area contributed by atoms with E-state index in [2.05, 4.69) is 82.7 Å². The van der Waals surface area contributed by atoms with Gasteiger partial charge in [-0.05, 0) is 134 Å². The van der Waals surface area contributed by atoms with Crippen molar-refractivity contribution in [2.24, 2.45) is 17.2 Å². The van der Waals surface area contributed by atoms with Gasteiger partial charge in [0.25, 0.3) is 0 Å². The molecule has 0 unspecified atom stereocenters. The summed E-state index contributed by atoms with van der Waals surface area (Å²) in [5.41, 5.74) is 22.4. The minimum Gasteiger partial charge on any atom is -0.476 e. The van der Waals surface area contributed by atoms with Crippen molar-refractivity contribution < 1.29 is 33.7 Å². The van der Waals surface area contributed by atoms with Gasteiger partial charge < -0.3 is 65.9 Å². The molecule has 0 spiro atoms. The van der Waals surface area contributed by atoms with Crippen LogP contribution < -0.4 is 46.1 Å². The molecule has 0 aliphatic carbocycles. The van der Waals surface area contributed by atoms with Crippen molar-refractivity contribution in [2.75, 3.05) is 121 Å². The maximum Gasteiger partial charge on any atom is 0.248 e. The highest BCUT2D eigenvalue weighted by Gasteiger charge is 2.24. The average molecular weight is 1420 g/mol. The number of likely N-dealkylation sites (N-methyl/N-ethyl adjacent to an activating group) is 3. The number of hydrogen-bond acceptors (Lipinski definition) is 23. The average Bonchev–Trinajstić information content (AvgIpc) is 1.22. The summed E-state index contributed by atoms with van der Waals surface area (Å²) in [7, 11) is 6.35. The number of aliphatic hydroxyl groups is 1. The lowest BCUT2D eigenvalue weighted by atomic mass is 10.1. The molecule has 7 N–H and O–H groups in total. The molecule has 522 valence electrons. The molecule has 3 fully saturated rings. The minimum absolute atomic E-state index is 0.0166. The first-order valence-corrected chi connectivity index (χ1v) is 35.4. The van der Waals surface area contributed by atoms with Crippen LogP contribution >= 0.6 is 35.3 Å². The Labute approximate surface area is 600 Å². The lowest BCUT2D eigenvalue weighted by Gasteiger charge is -2.32. The molecule has 0 radical (unpaired) electrons. The predicted octanol–water partition coefficient (Wildman–Crippen LogP) is 8.89. The van der Waals surface area contributed by atoms with Crippen LogP contribution in [0.15, 0.2) is 218 Å². The second-order valence-electron chi connectivity index (χ2n) is 24.1. The molecule has 3 saturated heterocycles. The van der Waals surface area contributed by atoms with Gasteiger partial charge in [-0.25, -0.2) is 19.6 Å². The number of carbonyl (C=O) groups excluding carboxylic acids is 3. The molecule has 101 heavy (non-hydrogen) atoms. The zero-order chi connectivity index (χ0) is 70.5. The number of nitrogens with zero attached hydrogens (tertiary/aromatic N) is 14. The second-order valence-corrected chi connectivity index (χ2v) is 27.5. The van der Waals surface area contributed by atoms with E-state index in [-0.39, 0.29) is 6.61 Å². The number of rotatable bonds is 24. The Bertz CT molecular complexity index is 4340. The first kappa shape index (κ1) is 72.1. The molecule has 6 aromatic carbocycles. The van der Waals surface area contributed by atoms with Crippen LogP contribution in [0.3, 0.4) is 0 Å². The van der Waals surface area contributed by atoms with Gasteiger partial charge >= 0.3 is 0 Å². The van der Waals surface area contributed by atoms with Crippen LogP contribution in [0.25, 0.3) is 5.69 Å². The Morgan fingerprint density at radius 2 is 0.812 bits per heavy atom. The fraction of sp³-hybridized carbons (Fsp3) is 0.270. The van der Waals surface area contributed by atoms with E-state index in [0.29, 0.717) is 72.0 Å². The van der Waals surface area contributed by atoms with Gasteiger partial charge in [-0.2, -0.15) is 20.1 Å². The van der Waals surface area contributed by atoms with Crippen molar-refractivity contribution in [3.05, 3.63) is 228 Å². The van der Waals surface area contributed by atoms with Crippen LogP contribution in [-0.2, 0) is 26.2 Å². The molecule has 0 bridgehead atoms. The largest absolute Gasteiger partial charge is 0.476 e. The number of piperazine rings is 3. The SMILES string of the molecule is CN1CCN(c2ncc(Sc3ccc(C(N)=O)cc3)c(OCCc3ccccc3)n2)CC1.CN1CCN(c2ncc(Sc3ccc(C(N)=O)cc3)c(OCc3cccc(-n4cccn4)c3)n2)CC1.CN1CCN(c2ncc(Sc3ccc(C(N)=O)cc3)c(OCc3cccc(CO)c3)n2)CC1. The number of anilines is 3. The summed E-state index contributed by atoms with van der Waals surface area (Å²) in [6.45, 7) is 12.2. The number of hydrogen-bond donors (Lipinski definition) is 4. The Balaban J connectivity index is 0.000000153. The molecule has 13 rings (SSSR count). The van der Waals surface area contributed by atoms with E-state index in [4.69, 9.17) is 46.4 Å². The summed E-state index contributed by atoms with van der Waals surface area (Å²) in [5.74, 6) is 2.26. The van der Waals surface area contributed by atoms with E-state index in [9.17, 15) is 19.5 Å². The first-order valence-electron chi connectivity index (χ1n) is 33.0. The van der Waals surface area contributed by atoms with Crippen LogP contribution in [0.5, 0.6) is 17.6 Å². The van der Waals surface area contributed by atoms with Crippen LogP contribution in [0.2, 0.25) is 0 Å². The van der Waals surface area contributed by atoms with Gasteiger partial charge in [0.05, 0.1) is 52.2 Å². The Morgan fingerprint density at radius 3 is 1.20 bits per heavy atom. The van der Waals surface area contributed by atoms with E-state index in [1.165, 1.54) is 40.8 Å². The van der Waals surface area contributed by atoms with Gasteiger partial charge in [0.1, 0.15) is 13.2 Å². The lowest BCUT2D eigenvalue weighted by molar-refractivity contribution is 0.0992. The summed E-state index contributed by atoms with van der Waals surface area (Å²) in [5, 5.41) is 13.7. The number of primary amides is 3. The quantitative estimate of drug-likeness (QED) is 0.0439. The summed E-state index contributed by atoms with van der Waals surface area (Å²) < 4.78 is 20.4. The first-order chi connectivity index (χ1) is 49.1. The van der Waals surface area contributed by atoms with Crippen molar-refractivity contribution in [2.45, 2.75) is 55.6 Å². The van der Waals surface area contributed by atoms with Gasteiger partial charge in [0.15, 0.2) is 0 Å². The molecule has 4 aromatic heterocycles. The second kappa shape index (κ2) is 35.8. The zero-order valence-corrected chi connectivity index (χ0v) is 59.0. The number of ether oxygens (including phenoxy) is 3. The van der Waals surface area contributed by atoms with Gasteiger partial charge in [-0.3, -0.25) is 14.4 Å². The molecule has 3 aliphatic rings. The maximum absolute atomic E-state index is 11.4. The Kier molecular flexibility index (Phi) is 25.5. The molecule has 7 heterocycles. The summed E-state index contributed by atoms with van der Waals surface area (Å²) in [4.78, 5) is 80.9. The van der Waals surface area contributed by atoms with Crippen molar-refractivity contribution in [1.29, 1.82) is 0 Å². The number of benzene rings is 6. The minimum atomic E-state index is -0.458. The summed E-state index contributed by atoms with van der Waals surface area (Å²) in [6, 6.07) is 49.2. The molecule has 0 saturated carbocycles. The van der Waals surface area contributed by atoms with Crippen LogP contribution in [0.4, 0.5) is 17.8 Å². The smallest absolute Gasteiger partial charge is 0.248 e. The molecular weight excluding hydrogens is 1340 g/mol. The summed E-state index contributed by atoms with van der Waals surface area (Å²) in [6.07, 6.45) is 9.88. The van der Waals surface area contributed by atoms with Crippen LogP contribution in [0.1, 0.15) is 53.3 Å². The molecule has 3 aliphatic heterocycles. The summed E-state index contributed by atoms with van der Waals surface area (Å²) >= 11 is 4.46. The third-order valence-corrected chi connectivity index (χ3v) is 19.7. The van der Waals surface area contributed by atoms with Crippen molar-refractivity contribution in [3.63, 3.8) is 0 Å². The number of amides is 3. The normalized spacial score (nSPS) is 14.2. The van der Waals surface area contributed by atoms with Crippen LogP contribution in [-0.4, -0.2) is 183 Å². The van der Waals surface area contributed by atoms with E-state index < -0.39 is 17.7 Å². The highest BCUT2D eigenvalue weighted by molar-refractivity contribution is 8.00. The zero-order valence-electron chi connectivity index (χ0n) is 56.5. The number of aliphatic hydroxyl groups excluding tert-OH is 1. The molecule has 24 nitrogen and oxygen atoms in total. The third-order valence-electron chi connectivity index (χ3n) is 16.7. The van der Waals surface area contributed by atoms with E-state index >= 15 is 0 Å². The Hall–Kier alpha value is -10.1. The Morgan fingerprint density at radius 1 is 0.436 bits per heavy atom. The lowest BCUT2D eigenvalue weighted by Crippen LogP contribution is -2.45. The molecular formula is C74H81N17O7S3. The van der Waals surface area contributed by atoms with Crippen LogP contribution in [0, 0.1) is 0 Å². The maximum atomic E-state index is 11.4. The topological polar surface area (TPSA) is 292 Å². The van der Waals surface area contributed by atoms with E-state index in [0.717, 1.165) is 137 Å². The highest BCUT2D eigenvalue weighted by Crippen LogP contribution is 2.38. The van der Waals surface area contributed by atoms with E-state index in [1.54, 1.807) is 48.8 Å². The molecule has 3 amide bonds. The number of carbonyl (C=O) groups is 3. The monoisotopic (exact) mass is 1420 g/mol. The number of nitrogens with two attached hydrogens (primary N) is 3. The third kappa shape index (κ3) is 21.0. The highest BCUT2D eigenvalue weighted by atomic mass is 32.2. The predicted molar refractivity (Wildman–Crippen MR) is 393 cm³/mol. The number of aromatic nitrogens is 8. The van der Waals surface area contributed by atoms with Crippen molar-refractivity contribution in [3.8, 4) is 23.3 Å².